The van der Waals surface area contributed by atoms with Crippen molar-refractivity contribution >= 4 is 50.6 Å². The number of nitrogens with zero attached hydrogens (tertiary/aromatic N) is 2. The fourth-order valence-electron chi connectivity index (χ4n) is 1.44. The Morgan fingerprint density at radius 1 is 1.16 bits per heavy atom. The van der Waals surface area contributed by atoms with Crippen LogP contribution in [0.4, 0.5) is 15.9 Å². The highest BCUT2D eigenvalue weighted by Gasteiger charge is 2.12. The zero-order valence-electron chi connectivity index (χ0n) is 10.1. The first-order valence-corrected chi connectivity index (χ1v) is 6.85. The Hall–Kier alpha value is -0.910. The monoisotopic (exact) mass is 363 g/mol. The second-order valence-electron chi connectivity index (χ2n) is 3.90. The van der Waals surface area contributed by atoms with Crippen molar-refractivity contribution in [2.24, 2.45) is 0 Å². The molecule has 0 aliphatic heterocycles. The number of aromatic nitrogens is 2. The highest BCUT2D eigenvalue weighted by Crippen LogP contribution is 2.35. The molecule has 2 aromatic rings. The number of nitrogens with one attached hydrogen (secondary N) is 1. The van der Waals surface area contributed by atoms with Crippen molar-refractivity contribution in [3.05, 3.63) is 44.0 Å². The third-order valence-corrected chi connectivity index (χ3v) is 3.70. The summed E-state index contributed by atoms with van der Waals surface area (Å²) in [4.78, 5) is 8.45. The first kappa shape index (κ1) is 14.5. The van der Waals surface area contributed by atoms with Crippen LogP contribution in [0.25, 0.3) is 0 Å². The van der Waals surface area contributed by atoms with Crippen LogP contribution in [-0.4, -0.2) is 9.97 Å². The normalized spacial score (nSPS) is 10.6. The van der Waals surface area contributed by atoms with Crippen LogP contribution in [0.5, 0.6) is 0 Å². The van der Waals surface area contributed by atoms with Gasteiger partial charge in [-0.2, -0.15) is 0 Å². The van der Waals surface area contributed by atoms with Crippen molar-refractivity contribution in [1.29, 1.82) is 0 Å². The lowest BCUT2D eigenvalue weighted by Gasteiger charge is -2.12. The second kappa shape index (κ2) is 5.61. The maximum absolute atomic E-state index is 13.1. The first-order chi connectivity index (χ1) is 8.88. The molecule has 19 heavy (non-hydrogen) atoms. The van der Waals surface area contributed by atoms with Gasteiger partial charge in [0.1, 0.15) is 5.82 Å². The molecule has 0 bridgehead atoms. The van der Waals surface area contributed by atoms with Crippen molar-refractivity contribution in [3.8, 4) is 0 Å². The van der Waals surface area contributed by atoms with Crippen LogP contribution in [0.1, 0.15) is 11.4 Å². The lowest BCUT2D eigenvalue weighted by Crippen LogP contribution is -2.02. The smallest absolute Gasteiger partial charge is 0.172 e. The Kier molecular flexibility index (Phi) is 4.28. The number of halogens is 4. The minimum atomic E-state index is -0.431. The van der Waals surface area contributed by atoms with Crippen LogP contribution >= 0.6 is 39.1 Å². The van der Waals surface area contributed by atoms with E-state index >= 15 is 0 Å². The van der Waals surface area contributed by atoms with Crippen LogP contribution in [0.15, 0.2) is 16.6 Å². The molecule has 0 spiro atoms. The summed E-state index contributed by atoms with van der Waals surface area (Å²) < 4.78 is 13.6. The minimum Gasteiger partial charge on any atom is -0.335 e. The van der Waals surface area contributed by atoms with Crippen molar-refractivity contribution in [3.63, 3.8) is 0 Å². The molecule has 100 valence electrons. The molecule has 2 rings (SSSR count). The summed E-state index contributed by atoms with van der Waals surface area (Å²) in [6.45, 7) is 3.64. The summed E-state index contributed by atoms with van der Waals surface area (Å²) in [5, 5.41) is 3.41. The molecule has 7 heteroatoms. The van der Waals surface area contributed by atoms with E-state index in [9.17, 15) is 4.39 Å². The number of hydrogen-bond donors (Lipinski definition) is 1. The van der Waals surface area contributed by atoms with Gasteiger partial charge in [0.2, 0.25) is 0 Å². The summed E-state index contributed by atoms with van der Waals surface area (Å²) in [6, 6.07) is 2.51. The third kappa shape index (κ3) is 3.16. The fraction of sp³-hybridized carbons (Fsp3) is 0.167. The topological polar surface area (TPSA) is 37.8 Å². The molecule has 0 aliphatic rings. The highest BCUT2D eigenvalue weighted by atomic mass is 79.9. The van der Waals surface area contributed by atoms with Crippen LogP contribution in [0.2, 0.25) is 10.2 Å². The van der Waals surface area contributed by atoms with Gasteiger partial charge in [-0.1, -0.05) is 23.2 Å². The lowest BCUT2D eigenvalue weighted by atomic mass is 10.3. The molecule has 0 saturated heterocycles. The fourth-order valence-corrected chi connectivity index (χ4v) is 2.55. The molecule has 1 N–H and O–H groups in total. The van der Waals surface area contributed by atoms with Gasteiger partial charge in [0.15, 0.2) is 11.0 Å². The number of hydrogen-bond acceptors (Lipinski definition) is 3. The molecule has 1 aromatic carbocycles. The van der Waals surface area contributed by atoms with Gasteiger partial charge in [-0.25, -0.2) is 14.4 Å². The zero-order chi connectivity index (χ0) is 14.2. The maximum Gasteiger partial charge on any atom is 0.172 e. The van der Waals surface area contributed by atoms with Crippen molar-refractivity contribution in [2.75, 3.05) is 5.32 Å². The molecule has 0 atom stereocenters. The number of anilines is 2. The molecular weight excluding hydrogens is 356 g/mol. The van der Waals surface area contributed by atoms with Gasteiger partial charge in [-0.15, -0.1) is 0 Å². The molecule has 0 fully saturated rings. The van der Waals surface area contributed by atoms with Gasteiger partial charge in [0.25, 0.3) is 0 Å². The highest BCUT2D eigenvalue weighted by molar-refractivity contribution is 9.10. The molecular formula is C12H9BrCl2FN3. The van der Waals surface area contributed by atoms with Gasteiger partial charge >= 0.3 is 0 Å². The van der Waals surface area contributed by atoms with E-state index in [-0.39, 0.29) is 10.2 Å². The third-order valence-electron chi connectivity index (χ3n) is 2.51. The Labute approximate surface area is 128 Å². The molecule has 0 aliphatic carbocycles. The average molecular weight is 365 g/mol. The molecule has 0 amide bonds. The van der Waals surface area contributed by atoms with Crippen LogP contribution < -0.4 is 5.32 Å². The average Bonchev–Trinajstić information content (AvgIpc) is 2.29. The van der Waals surface area contributed by atoms with E-state index < -0.39 is 5.82 Å². The van der Waals surface area contributed by atoms with Gasteiger partial charge in [0.05, 0.1) is 22.1 Å². The van der Waals surface area contributed by atoms with Gasteiger partial charge < -0.3 is 5.32 Å². The molecule has 1 heterocycles. The van der Waals surface area contributed by atoms with Crippen molar-refractivity contribution < 1.29 is 4.39 Å². The Morgan fingerprint density at radius 2 is 1.79 bits per heavy atom. The SMILES string of the molecule is Cc1nc(Cl)c(Nc2c(Cl)cc(F)cc2Br)nc1C. The van der Waals surface area contributed by atoms with Gasteiger partial charge in [-0.05, 0) is 41.9 Å². The van der Waals surface area contributed by atoms with Crippen LogP contribution in [-0.2, 0) is 0 Å². The van der Waals surface area contributed by atoms with E-state index in [1.165, 1.54) is 12.1 Å². The quantitative estimate of drug-likeness (QED) is 0.810. The molecule has 0 unspecified atom stereocenters. The maximum atomic E-state index is 13.1. The number of benzene rings is 1. The molecule has 3 nitrogen and oxygen atoms in total. The number of rotatable bonds is 2. The summed E-state index contributed by atoms with van der Waals surface area (Å²) >= 11 is 15.2. The van der Waals surface area contributed by atoms with Gasteiger partial charge in [0, 0.05) is 4.47 Å². The Bertz CT molecular complexity index is 626. The predicted octanol–water partition coefficient (Wildman–Crippen LogP) is 5.05. The second-order valence-corrected chi connectivity index (χ2v) is 5.52. The van der Waals surface area contributed by atoms with Crippen molar-refractivity contribution in [2.45, 2.75) is 13.8 Å². The summed E-state index contributed by atoms with van der Waals surface area (Å²) in [7, 11) is 0. The van der Waals surface area contributed by atoms with Crippen molar-refractivity contribution in [1.82, 2.24) is 9.97 Å². The zero-order valence-corrected chi connectivity index (χ0v) is 13.2. The predicted molar refractivity (Wildman–Crippen MR) is 78.9 cm³/mol. The van der Waals surface area contributed by atoms with E-state index in [2.05, 4.69) is 31.2 Å². The van der Waals surface area contributed by atoms with E-state index in [1.807, 2.05) is 13.8 Å². The standard InChI is InChI=1S/C12H9BrCl2FN3/c1-5-6(2)18-12(11(15)17-5)19-10-8(13)3-7(16)4-9(10)14/h3-4H,1-2H3,(H,18,19). The van der Waals surface area contributed by atoms with Gasteiger partial charge in [-0.3, -0.25) is 0 Å². The molecule has 0 saturated carbocycles. The van der Waals surface area contributed by atoms with E-state index in [1.54, 1.807) is 0 Å². The van der Waals surface area contributed by atoms with E-state index in [0.29, 0.717) is 16.0 Å². The summed E-state index contributed by atoms with van der Waals surface area (Å²) in [5.74, 6) is -0.0568. The van der Waals surface area contributed by atoms with E-state index in [4.69, 9.17) is 23.2 Å². The minimum absolute atomic E-state index is 0.225. The lowest BCUT2D eigenvalue weighted by molar-refractivity contribution is 0.627. The molecule has 0 radical (unpaired) electrons. The first-order valence-electron chi connectivity index (χ1n) is 5.31. The number of aryl methyl sites for hydroxylation is 2. The van der Waals surface area contributed by atoms with Crippen LogP contribution in [0.3, 0.4) is 0 Å². The Balaban J connectivity index is 2.45. The summed E-state index contributed by atoms with van der Waals surface area (Å²) in [6.07, 6.45) is 0. The largest absolute Gasteiger partial charge is 0.335 e. The van der Waals surface area contributed by atoms with E-state index in [0.717, 1.165) is 11.4 Å². The molecule has 1 aromatic heterocycles. The Morgan fingerprint density at radius 3 is 2.42 bits per heavy atom. The summed E-state index contributed by atoms with van der Waals surface area (Å²) in [5.41, 5.74) is 1.99. The van der Waals surface area contributed by atoms with Crippen LogP contribution in [0, 0.1) is 19.7 Å².